The Bertz CT molecular complexity index is 763. The number of carbonyl (C=O) groups is 1. The molecule has 0 fully saturated rings. The number of hydrogen-bond donors (Lipinski definition) is 2. The Kier molecular flexibility index (Phi) is 5.99. The third-order valence-corrected chi connectivity index (χ3v) is 3.89. The standard InChI is InChI=1S/C14H17N5O3S2/c1-8-16-17-14(24-4)19(8)18-13(23)15-12(20)9-5-6-10(21-2)11(7-9)22-3/h5-7H,1-4H3,(H2,15,18,20,23). The van der Waals surface area contributed by atoms with Crippen LogP contribution in [0, 0.1) is 6.92 Å². The summed E-state index contributed by atoms with van der Waals surface area (Å²) in [6, 6.07) is 4.85. The first kappa shape index (κ1) is 18.0. The predicted octanol–water partition coefficient (Wildman–Crippen LogP) is 1.58. The SMILES string of the molecule is COc1ccc(C(=O)NC(=S)Nn2c(C)nnc2SC)cc1OC. The number of rotatable bonds is 5. The molecular weight excluding hydrogens is 350 g/mol. The molecule has 2 N–H and O–H groups in total. The first-order valence-corrected chi connectivity index (χ1v) is 8.43. The highest BCUT2D eigenvalue weighted by molar-refractivity contribution is 7.98. The number of nitrogens with one attached hydrogen (secondary N) is 2. The Morgan fingerprint density at radius 3 is 2.58 bits per heavy atom. The van der Waals surface area contributed by atoms with Crippen LogP contribution in [0.1, 0.15) is 16.2 Å². The summed E-state index contributed by atoms with van der Waals surface area (Å²) in [5.74, 6) is 1.26. The number of methoxy groups -OCH3 is 2. The van der Waals surface area contributed by atoms with Gasteiger partial charge in [0, 0.05) is 5.56 Å². The van der Waals surface area contributed by atoms with E-state index in [1.165, 1.54) is 26.0 Å². The molecule has 1 aromatic carbocycles. The van der Waals surface area contributed by atoms with Gasteiger partial charge >= 0.3 is 0 Å². The van der Waals surface area contributed by atoms with E-state index in [-0.39, 0.29) is 11.0 Å². The number of amides is 1. The van der Waals surface area contributed by atoms with Gasteiger partial charge in [0.05, 0.1) is 14.2 Å². The highest BCUT2D eigenvalue weighted by Crippen LogP contribution is 2.27. The molecule has 8 nitrogen and oxygen atoms in total. The smallest absolute Gasteiger partial charge is 0.257 e. The van der Waals surface area contributed by atoms with E-state index in [1.54, 1.807) is 29.8 Å². The van der Waals surface area contributed by atoms with Crippen molar-refractivity contribution in [3.8, 4) is 11.5 Å². The molecule has 10 heteroatoms. The van der Waals surface area contributed by atoms with Crippen molar-refractivity contribution in [3.05, 3.63) is 29.6 Å². The molecule has 0 spiro atoms. The van der Waals surface area contributed by atoms with Gasteiger partial charge in [0.2, 0.25) is 5.16 Å². The number of hydrogen-bond acceptors (Lipinski definition) is 7. The van der Waals surface area contributed by atoms with Gasteiger partial charge in [-0.3, -0.25) is 15.5 Å². The van der Waals surface area contributed by atoms with Crippen molar-refractivity contribution in [3.63, 3.8) is 0 Å². The summed E-state index contributed by atoms with van der Waals surface area (Å²) >= 11 is 6.58. The highest BCUT2D eigenvalue weighted by Gasteiger charge is 2.14. The zero-order valence-electron chi connectivity index (χ0n) is 13.6. The Morgan fingerprint density at radius 2 is 1.96 bits per heavy atom. The van der Waals surface area contributed by atoms with Gasteiger partial charge in [-0.05, 0) is 43.6 Å². The summed E-state index contributed by atoms with van der Waals surface area (Å²) < 4.78 is 11.9. The van der Waals surface area contributed by atoms with Crippen LogP contribution in [0.5, 0.6) is 11.5 Å². The van der Waals surface area contributed by atoms with Crippen molar-refractivity contribution in [2.24, 2.45) is 0 Å². The van der Waals surface area contributed by atoms with Crippen LogP contribution in [-0.4, -0.2) is 46.4 Å². The third kappa shape index (κ3) is 3.95. The minimum absolute atomic E-state index is 0.132. The fourth-order valence-electron chi connectivity index (χ4n) is 1.89. The molecule has 0 saturated carbocycles. The summed E-state index contributed by atoms with van der Waals surface area (Å²) in [5, 5.41) is 11.3. The van der Waals surface area contributed by atoms with Crippen LogP contribution in [0.2, 0.25) is 0 Å². The van der Waals surface area contributed by atoms with Gasteiger partial charge in [-0.1, -0.05) is 11.8 Å². The Hall–Kier alpha value is -2.33. The molecule has 0 unspecified atom stereocenters. The van der Waals surface area contributed by atoms with Crippen LogP contribution < -0.4 is 20.2 Å². The van der Waals surface area contributed by atoms with Crippen LogP contribution in [-0.2, 0) is 0 Å². The van der Waals surface area contributed by atoms with E-state index in [4.69, 9.17) is 21.7 Å². The molecule has 1 aromatic heterocycles. The molecule has 0 atom stereocenters. The normalized spacial score (nSPS) is 10.2. The van der Waals surface area contributed by atoms with Gasteiger partial charge in [0.1, 0.15) is 5.82 Å². The van der Waals surface area contributed by atoms with Gasteiger partial charge < -0.3 is 9.47 Å². The Balaban J connectivity index is 2.09. The maximum absolute atomic E-state index is 12.3. The lowest BCUT2D eigenvalue weighted by Gasteiger charge is -2.13. The van der Waals surface area contributed by atoms with Crippen LogP contribution in [0.15, 0.2) is 23.4 Å². The topological polar surface area (TPSA) is 90.3 Å². The molecule has 0 saturated heterocycles. The molecule has 128 valence electrons. The van der Waals surface area contributed by atoms with Gasteiger partial charge in [-0.25, -0.2) is 4.68 Å². The van der Waals surface area contributed by atoms with Crippen molar-refractivity contribution >= 4 is 35.0 Å². The first-order chi connectivity index (χ1) is 11.5. The van der Waals surface area contributed by atoms with Gasteiger partial charge in [0.15, 0.2) is 16.6 Å². The number of carbonyl (C=O) groups excluding carboxylic acids is 1. The molecule has 0 aliphatic heterocycles. The van der Waals surface area contributed by atoms with Gasteiger partial charge in [-0.15, -0.1) is 10.2 Å². The second-order valence-corrected chi connectivity index (χ2v) is 5.72. The van der Waals surface area contributed by atoms with Gasteiger partial charge in [0.25, 0.3) is 5.91 Å². The monoisotopic (exact) mass is 367 g/mol. The van der Waals surface area contributed by atoms with E-state index < -0.39 is 0 Å². The lowest BCUT2D eigenvalue weighted by Crippen LogP contribution is -2.38. The number of aryl methyl sites for hydroxylation is 1. The van der Waals surface area contributed by atoms with E-state index in [9.17, 15) is 4.79 Å². The van der Waals surface area contributed by atoms with Crippen molar-refractivity contribution in [2.45, 2.75) is 12.1 Å². The lowest BCUT2D eigenvalue weighted by molar-refractivity contribution is 0.0977. The summed E-state index contributed by atoms with van der Waals surface area (Å²) in [6.45, 7) is 1.78. The maximum atomic E-state index is 12.3. The molecule has 1 amide bonds. The molecular formula is C14H17N5O3S2. The van der Waals surface area contributed by atoms with E-state index in [1.807, 2.05) is 6.26 Å². The zero-order valence-corrected chi connectivity index (χ0v) is 15.2. The number of ether oxygens (including phenoxy) is 2. The molecule has 2 aromatic rings. The predicted molar refractivity (Wildman–Crippen MR) is 95.5 cm³/mol. The second-order valence-electron chi connectivity index (χ2n) is 4.53. The average molecular weight is 367 g/mol. The highest BCUT2D eigenvalue weighted by atomic mass is 32.2. The van der Waals surface area contributed by atoms with E-state index in [0.29, 0.717) is 28.0 Å². The summed E-state index contributed by atoms with van der Waals surface area (Å²) in [5.41, 5.74) is 3.27. The molecule has 2 rings (SSSR count). The van der Waals surface area contributed by atoms with E-state index in [2.05, 4.69) is 20.9 Å². The van der Waals surface area contributed by atoms with Crippen molar-refractivity contribution in [1.29, 1.82) is 0 Å². The minimum atomic E-state index is -0.370. The number of aromatic nitrogens is 3. The summed E-state index contributed by atoms with van der Waals surface area (Å²) in [4.78, 5) is 12.3. The van der Waals surface area contributed by atoms with Crippen LogP contribution in [0.25, 0.3) is 0 Å². The lowest BCUT2D eigenvalue weighted by atomic mass is 10.2. The number of nitrogens with zero attached hydrogens (tertiary/aromatic N) is 3. The summed E-state index contributed by atoms with van der Waals surface area (Å²) in [6.07, 6.45) is 1.87. The van der Waals surface area contributed by atoms with Crippen LogP contribution in [0.4, 0.5) is 0 Å². The number of thiocarbonyl (C=S) groups is 1. The second kappa shape index (κ2) is 7.97. The Labute approximate surface area is 148 Å². The van der Waals surface area contributed by atoms with Crippen LogP contribution >= 0.6 is 24.0 Å². The third-order valence-electron chi connectivity index (χ3n) is 3.06. The van der Waals surface area contributed by atoms with Crippen molar-refractivity contribution in [2.75, 3.05) is 25.9 Å². The van der Waals surface area contributed by atoms with Crippen LogP contribution in [0.3, 0.4) is 0 Å². The van der Waals surface area contributed by atoms with Gasteiger partial charge in [-0.2, -0.15) is 0 Å². The summed E-state index contributed by atoms with van der Waals surface area (Å²) in [7, 11) is 3.03. The largest absolute Gasteiger partial charge is 0.493 e. The molecule has 0 bridgehead atoms. The fourth-order valence-corrected chi connectivity index (χ4v) is 2.55. The zero-order chi connectivity index (χ0) is 17.7. The number of thioether (sulfide) groups is 1. The molecule has 0 aliphatic carbocycles. The molecule has 0 aliphatic rings. The quantitative estimate of drug-likeness (QED) is 0.608. The van der Waals surface area contributed by atoms with E-state index in [0.717, 1.165) is 0 Å². The van der Waals surface area contributed by atoms with Crippen molar-refractivity contribution in [1.82, 2.24) is 20.2 Å². The first-order valence-electron chi connectivity index (χ1n) is 6.80. The average Bonchev–Trinajstić information content (AvgIpc) is 2.93. The maximum Gasteiger partial charge on any atom is 0.257 e. The minimum Gasteiger partial charge on any atom is -0.493 e. The fraction of sp³-hybridized carbons (Fsp3) is 0.286. The van der Waals surface area contributed by atoms with Crippen molar-refractivity contribution < 1.29 is 14.3 Å². The molecule has 24 heavy (non-hydrogen) atoms. The Morgan fingerprint density at radius 1 is 1.25 bits per heavy atom. The molecule has 1 heterocycles. The number of benzene rings is 1. The van der Waals surface area contributed by atoms with E-state index >= 15 is 0 Å². The molecule has 0 radical (unpaired) electrons.